The lowest BCUT2D eigenvalue weighted by Crippen LogP contribution is -1.97. The van der Waals surface area contributed by atoms with Gasteiger partial charge in [-0.2, -0.15) is 0 Å². The van der Waals surface area contributed by atoms with Gasteiger partial charge in [-0.25, -0.2) is 0 Å². The Morgan fingerprint density at radius 2 is 1.81 bits per heavy atom. The molecule has 0 bridgehead atoms. The van der Waals surface area contributed by atoms with Crippen molar-refractivity contribution in [2.75, 3.05) is 5.32 Å². The SMILES string of the molecule is Oc1ccc(NCc2ccc(-c3cccc(Cl)c3)o2)cc1. The van der Waals surface area contributed by atoms with E-state index in [0.29, 0.717) is 11.6 Å². The van der Waals surface area contributed by atoms with Gasteiger partial charge in [0.25, 0.3) is 0 Å². The van der Waals surface area contributed by atoms with Gasteiger partial charge in [-0.05, 0) is 48.5 Å². The zero-order valence-electron chi connectivity index (χ0n) is 11.2. The van der Waals surface area contributed by atoms with Gasteiger partial charge in [0.05, 0.1) is 6.54 Å². The monoisotopic (exact) mass is 299 g/mol. The first-order valence-electron chi connectivity index (χ1n) is 6.58. The van der Waals surface area contributed by atoms with Crippen LogP contribution in [0.25, 0.3) is 11.3 Å². The summed E-state index contributed by atoms with van der Waals surface area (Å²) in [5, 5.41) is 13.2. The van der Waals surface area contributed by atoms with E-state index in [9.17, 15) is 5.11 Å². The van der Waals surface area contributed by atoms with E-state index in [1.807, 2.05) is 48.5 Å². The van der Waals surface area contributed by atoms with Crippen LogP contribution in [0.4, 0.5) is 5.69 Å². The first-order chi connectivity index (χ1) is 10.2. The molecule has 3 aromatic rings. The van der Waals surface area contributed by atoms with Crippen molar-refractivity contribution in [3.63, 3.8) is 0 Å². The van der Waals surface area contributed by atoms with Crippen LogP contribution in [-0.4, -0.2) is 5.11 Å². The molecule has 0 amide bonds. The molecule has 2 aromatic carbocycles. The lowest BCUT2D eigenvalue weighted by atomic mass is 10.2. The van der Waals surface area contributed by atoms with Gasteiger partial charge >= 0.3 is 0 Å². The van der Waals surface area contributed by atoms with Crippen molar-refractivity contribution in [3.8, 4) is 17.1 Å². The molecule has 0 atom stereocenters. The van der Waals surface area contributed by atoms with Crippen LogP contribution in [-0.2, 0) is 6.54 Å². The van der Waals surface area contributed by atoms with Crippen LogP contribution in [0.5, 0.6) is 5.75 Å². The van der Waals surface area contributed by atoms with E-state index >= 15 is 0 Å². The van der Waals surface area contributed by atoms with Gasteiger partial charge in [0.2, 0.25) is 0 Å². The van der Waals surface area contributed by atoms with Gasteiger partial charge in [-0.1, -0.05) is 23.7 Å². The maximum absolute atomic E-state index is 9.24. The molecule has 3 nitrogen and oxygen atoms in total. The highest BCUT2D eigenvalue weighted by Crippen LogP contribution is 2.25. The van der Waals surface area contributed by atoms with Crippen molar-refractivity contribution in [1.29, 1.82) is 0 Å². The molecule has 0 fully saturated rings. The Morgan fingerprint density at radius 3 is 2.57 bits per heavy atom. The topological polar surface area (TPSA) is 45.4 Å². The van der Waals surface area contributed by atoms with Gasteiger partial charge in [0.1, 0.15) is 17.3 Å². The summed E-state index contributed by atoms with van der Waals surface area (Å²) >= 11 is 5.98. The van der Waals surface area contributed by atoms with Crippen LogP contribution in [0.15, 0.2) is 65.1 Å². The summed E-state index contributed by atoms with van der Waals surface area (Å²) in [5.41, 5.74) is 1.88. The zero-order chi connectivity index (χ0) is 14.7. The van der Waals surface area contributed by atoms with Crippen LogP contribution in [0, 0.1) is 0 Å². The van der Waals surface area contributed by atoms with Gasteiger partial charge < -0.3 is 14.8 Å². The Hall–Kier alpha value is -2.39. The van der Waals surface area contributed by atoms with Gasteiger partial charge in [-0.3, -0.25) is 0 Å². The minimum absolute atomic E-state index is 0.252. The largest absolute Gasteiger partial charge is 0.508 e. The maximum atomic E-state index is 9.24. The molecular weight excluding hydrogens is 286 g/mol. The average Bonchev–Trinajstić information content (AvgIpc) is 2.96. The first kappa shape index (κ1) is 13.6. The molecule has 0 radical (unpaired) electrons. The summed E-state index contributed by atoms with van der Waals surface area (Å²) in [7, 11) is 0. The number of anilines is 1. The standard InChI is InChI=1S/C17H14ClNO2/c18-13-3-1-2-12(10-13)17-9-8-16(21-17)11-19-14-4-6-15(20)7-5-14/h1-10,19-20H,11H2. The molecule has 1 aromatic heterocycles. The number of aromatic hydroxyl groups is 1. The summed E-state index contributed by atoms with van der Waals surface area (Å²) < 4.78 is 5.80. The summed E-state index contributed by atoms with van der Waals surface area (Å²) in [6.45, 7) is 0.575. The molecule has 0 aliphatic carbocycles. The molecule has 21 heavy (non-hydrogen) atoms. The third-order valence-electron chi connectivity index (χ3n) is 3.10. The molecule has 0 spiro atoms. The number of rotatable bonds is 4. The van der Waals surface area contributed by atoms with Crippen molar-refractivity contribution in [3.05, 3.63) is 71.4 Å². The number of phenols is 1. The highest BCUT2D eigenvalue weighted by atomic mass is 35.5. The molecule has 106 valence electrons. The molecule has 1 heterocycles. The Labute approximate surface area is 127 Å². The summed E-state index contributed by atoms with van der Waals surface area (Å²) in [6.07, 6.45) is 0. The lowest BCUT2D eigenvalue weighted by molar-refractivity contribution is 0.475. The van der Waals surface area contributed by atoms with E-state index in [1.54, 1.807) is 12.1 Å². The molecule has 0 aliphatic rings. The van der Waals surface area contributed by atoms with Crippen molar-refractivity contribution in [1.82, 2.24) is 0 Å². The molecule has 4 heteroatoms. The normalized spacial score (nSPS) is 10.5. The summed E-state index contributed by atoms with van der Waals surface area (Å²) in [4.78, 5) is 0. The fraction of sp³-hybridized carbons (Fsp3) is 0.0588. The molecule has 0 saturated carbocycles. The molecular formula is C17H14ClNO2. The summed E-state index contributed by atoms with van der Waals surface area (Å²) in [6, 6.07) is 18.3. The van der Waals surface area contributed by atoms with Crippen molar-refractivity contribution in [2.24, 2.45) is 0 Å². The van der Waals surface area contributed by atoms with Gasteiger partial charge in [0, 0.05) is 16.3 Å². The zero-order valence-corrected chi connectivity index (χ0v) is 12.0. The second-order valence-corrected chi connectivity index (χ2v) is 5.11. The fourth-order valence-electron chi connectivity index (χ4n) is 2.04. The van der Waals surface area contributed by atoms with Crippen molar-refractivity contribution < 1.29 is 9.52 Å². The van der Waals surface area contributed by atoms with Crippen LogP contribution in [0.1, 0.15) is 5.76 Å². The Balaban J connectivity index is 1.69. The van der Waals surface area contributed by atoms with Gasteiger partial charge in [0.15, 0.2) is 0 Å². The van der Waals surface area contributed by atoms with E-state index in [4.69, 9.17) is 16.0 Å². The molecule has 2 N–H and O–H groups in total. The van der Waals surface area contributed by atoms with Crippen molar-refractivity contribution >= 4 is 17.3 Å². The van der Waals surface area contributed by atoms with Crippen LogP contribution >= 0.6 is 11.6 Å². The molecule has 3 rings (SSSR count). The Morgan fingerprint density at radius 1 is 1.00 bits per heavy atom. The lowest BCUT2D eigenvalue weighted by Gasteiger charge is -2.04. The van der Waals surface area contributed by atoms with Gasteiger partial charge in [-0.15, -0.1) is 0 Å². The number of benzene rings is 2. The molecule has 0 saturated heterocycles. The second-order valence-electron chi connectivity index (χ2n) is 4.68. The van der Waals surface area contributed by atoms with Crippen LogP contribution < -0.4 is 5.32 Å². The van der Waals surface area contributed by atoms with E-state index in [-0.39, 0.29) is 5.75 Å². The quantitative estimate of drug-likeness (QED) is 0.672. The third kappa shape index (κ3) is 3.38. The number of phenolic OH excluding ortho intramolecular Hbond substituents is 1. The first-order valence-corrected chi connectivity index (χ1v) is 6.96. The minimum atomic E-state index is 0.252. The highest BCUT2D eigenvalue weighted by Gasteiger charge is 2.05. The second kappa shape index (κ2) is 5.94. The number of halogens is 1. The number of nitrogens with one attached hydrogen (secondary N) is 1. The number of furan rings is 1. The van der Waals surface area contributed by atoms with E-state index in [2.05, 4.69) is 5.32 Å². The number of hydrogen-bond donors (Lipinski definition) is 2. The van der Waals surface area contributed by atoms with E-state index < -0.39 is 0 Å². The number of hydrogen-bond acceptors (Lipinski definition) is 3. The minimum Gasteiger partial charge on any atom is -0.508 e. The molecule has 0 aliphatic heterocycles. The summed E-state index contributed by atoms with van der Waals surface area (Å²) in [5.74, 6) is 1.87. The van der Waals surface area contributed by atoms with Crippen molar-refractivity contribution in [2.45, 2.75) is 6.54 Å². The average molecular weight is 300 g/mol. The van der Waals surface area contributed by atoms with Crippen LogP contribution in [0.2, 0.25) is 5.02 Å². The predicted molar refractivity (Wildman–Crippen MR) is 84.6 cm³/mol. The van der Waals surface area contributed by atoms with Crippen LogP contribution in [0.3, 0.4) is 0 Å². The predicted octanol–water partition coefficient (Wildman–Crippen LogP) is 4.92. The Bertz CT molecular complexity index is 735. The third-order valence-corrected chi connectivity index (χ3v) is 3.34. The smallest absolute Gasteiger partial charge is 0.134 e. The Kier molecular flexibility index (Phi) is 3.84. The fourth-order valence-corrected chi connectivity index (χ4v) is 2.23. The van der Waals surface area contributed by atoms with E-state index in [0.717, 1.165) is 22.8 Å². The highest BCUT2D eigenvalue weighted by molar-refractivity contribution is 6.30. The van der Waals surface area contributed by atoms with E-state index in [1.165, 1.54) is 0 Å². The molecule has 0 unspecified atom stereocenters. The maximum Gasteiger partial charge on any atom is 0.134 e.